The van der Waals surface area contributed by atoms with Crippen LogP contribution in [0.25, 0.3) is 0 Å². The van der Waals surface area contributed by atoms with Crippen LogP contribution in [0.5, 0.6) is 0 Å². The Balaban J connectivity index is 1.35. The van der Waals surface area contributed by atoms with Crippen molar-refractivity contribution in [3.63, 3.8) is 0 Å². The number of rotatable bonds is 6. The van der Waals surface area contributed by atoms with E-state index < -0.39 is 0 Å². The maximum atomic E-state index is 6.01. The van der Waals surface area contributed by atoms with E-state index in [-0.39, 0.29) is 0 Å². The first-order chi connectivity index (χ1) is 9.38. The van der Waals surface area contributed by atoms with Gasteiger partial charge in [0, 0.05) is 12.3 Å². The highest BCUT2D eigenvalue weighted by atomic mass is 16.4. The van der Waals surface area contributed by atoms with Crippen LogP contribution in [0.3, 0.4) is 0 Å². The van der Waals surface area contributed by atoms with Crippen LogP contribution >= 0.6 is 0 Å². The van der Waals surface area contributed by atoms with Gasteiger partial charge in [0.05, 0.1) is 6.20 Å². The number of aromatic nitrogens is 1. The average molecular weight is 260 g/mol. The minimum absolute atomic E-state index is 0.737. The molecule has 0 radical (unpaired) electrons. The van der Waals surface area contributed by atoms with Crippen LogP contribution in [0.4, 0.5) is 0 Å². The van der Waals surface area contributed by atoms with E-state index in [1.165, 1.54) is 25.0 Å². The minimum atomic E-state index is 0.737. The van der Waals surface area contributed by atoms with Crippen molar-refractivity contribution in [1.29, 1.82) is 0 Å². The Labute approximate surface area is 115 Å². The van der Waals surface area contributed by atoms with Gasteiger partial charge in [-0.3, -0.25) is 0 Å². The van der Waals surface area contributed by atoms with Crippen molar-refractivity contribution in [1.82, 2.24) is 10.3 Å². The lowest BCUT2D eigenvalue weighted by atomic mass is 10.0. The summed E-state index contributed by atoms with van der Waals surface area (Å²) in [5.41, 5.74) is 0. The molecule has 3 aliphatic carbocycles. The fraction of sp³-hybridized carbons (Fsp3) is 0.812. The fourth-order valence-electron chi connectivity index (χ4n) is 4.84. The highest BCUT2D eigenvalue weighted by Crippen LogP contribution is 2.73. The van der Waals surface area contributed by atoms with Gasteiger partial charge in [-0.25, -0.2) is 4.98 Å². The van der Waals surface area contributed by atoms with E-state index in [2.05, 4.69) is 17.2 Å². The zero-order valence-corrected chi connectivity index (χ0v) is 11.8. The monoisotopic (exact) mass is 260 g/mol. The van der Waals surface area contributed by atoms with Crippen molar-refractivity contribution in [2.24, 2.45) is 23.7 Å². The summed E-state index contributed by atoms with van der Waals surface area (Å²) in [6, 6.07) is 0. The van der Waals surface area contributed by atoms with Gasteiger partial charge in [-0.1, -0.05) is 6.92 Å². The molecule has 4 unspecified atom stereocenters. The van der Waals surface area contributed by atoms with E-state index in [4.69, 9.17) is 4.42 Å². The van der Waals surface area contributed by atoms with Crippen molar-refractivity contribution in [3.8, 4) is 0 Å². The molecule has 3 heteroatoms. The van der Waals surface area contributed by atoms with Gasteiger partial charge in [0.2, 0.25) is 0 Å². The molecule has 0 aliphatic heterocycles. The minimum Gasteiger partial charge on any atom is -0.445 e. The first kappa shape index (κ1) is 12.0. The molecule has 1 aromatic heterocycles. The second-order valence-electron chi connectivity index (χ2n) is 6.63. The maximum absolute atomic E-state index is 6.01. The van der Waals surface area contributed by atoms with Crippen LogP contribution in [0.2, 0.25) is 0 Å². The molecule has 19 heavy (non-hydrogen) atoms. The quantitative estimate of drug-likeness (QED) is 0.799. The molecule has 4 rings (SSSR count). The van der Waals surface area contributed by atoms with E-state index in [0.29, 0.717) is 0 Å². The highest BCUT2D eigenvalue weighted by Gasteiger charge is 2.66. The topological polar surface area (TPSA) is 38.1 Å². The van der Waals surface area contributed by atoms with Crippen molar-refractivity contribution in [2.75, 3.05) is 13.1 Å². The number of aryl methyl sites for hydroxylation is 1. The number of nitrogens with one attached hydrogen (secondary N) is 1. The molecule has 1 heterocycles. The third kappa shape index (κ3) is 1.94. The van der Waals surface area contributed by atoms with Gasteiger partial charge in [0.25, 0.3) is 0 Å². The summed E-state index contributed by atoms with van der Waals surface area (Å²) in [4.78, 5) is 4.48. The smallest absolute Gasteiger partial charge is 0.194 e. The molecule has 1 N–H and O–H groups in total. The second-order valence-corrected chi connectivity index (χ2v) is 6.63. The summed E-state index contributed by atoms with van der Waals surface area (Å²) in [6.45, 7) is 4.25. The van der Waals surface area contributed by atoms with E-state index in [9.17, 15) is 0 Å². The standard InChI is InChI=1S/C16H24N2O/c1-2-17-7-3-4-13-18-9-12(19-13)16-14-10-5-6-11(8-10)15(14)16/h9-11,14-17H,2-8H2,1H3. The Hall–Kier alpha value is -0.830. The first-order valence-electron chi connectivity index (χ1n) is 8.03. The van der Waals surface area contributed by atoms with Crippen molar-refractivity contribution in [2.45, 2.75) is 44.9 Å². The third-order valence-corrected chi connectivity index (χ3v) is 5.63. The summed E-state index contributed by atoms with van der Waals surface area (Å²) in [5.74, 6) is 6.84. The van der Waals surface area contributed by atoms with Crippen molar-refractivity contribution < 1.29 is 4.42 Å². The van der Waals surface area contributed by atoms with E-state index in [0.717, 1.165) is 61.4 Å². The molecule has 0 aromatic carbocycles. The summed E-state index contributed by atoms with van der Waals surface area (Å²) < 4.78 is 6.01. The molecular weight excluding hydrogens is 236 g/mol. The Kier molecular flexibility index (Phi) is 2.91. The molecular formula is C16H24N2O. The number of hydrogen-bond donors (Lipinski definition) is 1. The molecule has 0 spiro atoms. The van der Waals surface area contributed by atoms with Crippen LogP contribution < -0.4 is 5.32 Å². The lowest BCUT2D eigenvalue weighted by molar-refractivity contribution is 0.413. The zero-order valence-electron chi connectivity index (χ0n) is 11.8. The van der Waals surface area contributed by atoms with Crippen molar-refractivity contribution >= 4 is 0 Å². The number of nitrogens with zero attached hydrogens (tertiary/aromatic N) is 1. The Morgan fingerprint density at radius 2 is 2.11 bits per heavy atom. The molecule has 3 fully saturated rings. The van der Waals surface area contributed by atoms with Crippen LogP contribution in [0.1, 0.15) is 50.2 Å². The van der Waals surface area contributed by atoms with Crippen LogP contribution in [0, 0.1) is 23.7 Å². The first-order valence-corrected chi connectivity index (χ1v) is 8.03. The van der Waals surface area contributed by atoms with Crippen LogP contribution in [-0.4, -0.2) is 18.1 Å². The van der Waals surface area contributed by atoms with E-state index in [1.54, 1.807) is 0 Å². The van der Waals surface area contributed by atoms with Gasteiger partial charge < -0.3 is 9.73 Å². The summed E-state index contributed by atoms with van der Waals surface area (Å²) in [5, 5.41) is 3.34. The summed E-state index contributed by atoms with van der Waals surface area (Å²) in [6.07, 6.45) is 8.58. The Morgan fingerprint density at radius 3 is 2.84 bits per heavy atom. The number of fused-ring (bicyclic) bond motifs is 5. The normalized spacial score (nSPS) is 38.7. The van der Waals surface area contributed by atoms with Crippen LogP contribution in [-0.2, 0) is 6.42 Å². The molecule has 104 valence electrons. The summed E-state index contributed by atoms with van der Waals surface area (Å²) in [7, 11) is 0. The molecule has 3 aliphatic rings. The third-order valence-electron chi connectivity index (χ3n) is 5.63. The van der Waals surface area contributed by atoms with Gasteiger partial charge in [0.15, 0.2) is 5.89 Å². The lowest BCUT2D eigenvalue weighted by Crippen LogP contribution is -2.14. The van der Waals surface area contributed by atoms with E-state index in [1.807, 2.05) is 6.20 Å². The van der Waals surface area contributed by atoms with Gasteiger partial charge in [0.1, 0.15) is 5.76 Å². The summed E-state index contributed by atoms with van der Waals surface area (Å²) >= 11 is 0. The van der Waals surface area contributed by atoms with Gasteiger partial charge in [-0.2, -0.15) is 0 Å². The predicted octanol–water partition coefficient (Wildman–Crippen LogP) is 2.98. The Morgan fingerprint density at radius 1 is 1.32 bits per heavy atom. The van der Waals surface area contributed by atoms with Gasteiger partial charge >= 0.3 is 0 Å². The maximum Gasteiger partial charge on any atom is 0.194 e. The highest BCUT2D eigenvalue weighted by molar-refractivity contribution is 5.25. The molecule has 3 saturated carbocycles. The molecule has 0 amide bonds. The molecule has 2 bridgehead atoms. The fourth-order valence-corrected chi connectivity index (χ4v) is 4.84. The molecule has 3 nitrogen and oxygen atoms in total. The predicted molar refractivity (Wildman–Crippen MR) is 73.9 cm³/mol. The molecule has 4 atom stereocenters. The number of oxazole rings is 1. The molecule has 0 saturated heterocycles. The SMILES string of the molecule is CCNCCCc1ncc(C2C3C4CCC(C4)C23)o1. The van der Waals surface area contributed by atoms with Crippen LogP contribution in [0.15, 0.2) is 10.6 Å². The largest absolute Gasteiger partial charge is 0.445 e. The van der Waals surface area contributed by atoms with E-state index >= 15 is 0 Å². The van der Waals surface area contributed by atoms with Crippen molar-refractivity contribution in [3.05, 3.63) is 17.8 Å². The van der Waals surface area contributed by atoms with Gasteiger partial charge in [-0.15, -0.1) is 0 Å². The average Bonchev–Trinajstić information content (AvgIpc) is 2.83. The second kappa shape index (κ2) is 4.62. The number of hydrogen-bond acceptors (Lipinski definition) is 3. The lowest BCUT2D eigenvalue weighted by Gasteiger charge is -2.05. The Bertz CT molecular complexity index is 439. The van der Waals surface area contributed by atoms with Gasteiger partial charge in [-0.05, 0) is 62.4 Å². The molecule has 1 aromatic rings. The zero-order chi connectivity index (χ0) is 12.8.